The molecule has 0 unspecified atom stereocenters. The summed E-state index contributed by atoms with van der Waals surface area (Å²) in [4.78, 5) is 13.9. The van der Waals surface area contributed by atoms with Crippen molar-refractivity contribution in [3.8, 4) is 0 Å². The van der Waals surface area contributed by atoms with E-state index in [2.05, 4.69) is 21.2 Å². The Morgan fingerprint density at radius 2 is 2.16 bits per heavy atom. The molecule has 19 heavy (non-hydrogen) atoms. The molecule has 0 heterocycles. The molecule has 0 bridgehead atoms. The number of nitrogens with zero attached hydrogens (tertiary/aromatic N) is 1. The highest BCUT2D eigenvalue weighted by Crippen LogP contribution is 2.23. The van der Waals surface area contributed by atoms with E-state index in [4.69, 9.17) is 5.11 Å². The fraction of sp³-hybridized carbons (Fsp3) is 0.500. The number of hydrogen-bond acceptors (Lipinski definition) is 3. The molecule has 1 aromatic rings. The number of anilines is 1. The summed E-state index contributed by atoms with van der Waals surface area (Å²) in [6.45, 7) is 6.84. The number of aliphatic hydroxyl groups is 1. The zero-order chi connectivity index (χ0) is 14.4. The average molecular weight is 329 g/mol. The van der Waals surface area contributed by atoms with Crippen LogP contribution in [0.25, 0.3) is 0 Å². The van der Waals surface area contributed by atoms with Gasteiger partial charge in [0.2, 0.25) is 5.91 Å². The van der Waals surface area contributed by atoms with Crippen LogP contribution in [0.5, 0.6) is 0 Å². The molecule has 0 aliphatic carbocycles. The first-order valence-electron chi connectivity index (χ1n) is 6.35. The minimum absolute atomic E-state index is 0.0552. The van der Waals surface area contributed by atoms with Crippen LogP contribution in [0.1, 0.15) is 19.4 Å². The van der Waals surface area contributed by atoms with Gasteiger partial charge in [-0.3, -0.25) is 9.69 Å². The van der Waals surface area contributed by atoms with Crippen molar-refractivity contribution in [1.29, 1.82) is 0 Å². The minimum Gasteiger partial charge on any atom is -0.395 e. The summed E-state index contributed by atoms with van der Waals surface area (Å²) in [5.41, 5.74) is 1.90. The fourth-order valence-corrected chi connectivity index (χ4v) is 2.34. The minimum atomic E-state index is -0.0771. The quantitative estimate of drug-likeness (QED) is 0.843. The molecule has 0 aliphatic rings. The Hall–Kier alpha value is -0.910. The van der Waals surface area contributed by atoms with Crippen LogP contribution in [0.15, 0.2) is 22.7 Å². The van der Waals surface area contributed by atoms with E-state index in [0.717, 1.165) is 15.7 Å². The highest BCUT2D eigenvalue weighted by molar-refractivity contribution is 9.10. The molecule has 2 N–H and O–H groups in total. The van der Waals surface area contributed by atoms with Crippen LogP contribution >= 0.6 is 15.9 Å². The van der Waals surface area contributed by atoms with Crippen LogP contribution in [-0.2, 0) is 4.79 Å². The molecule has 0 atom stereocenters. The smallest absolute Gasteiger partial charge is 0.238 e. The number of hydrogen-bond donors (Lipinski definition) is 2. The van der Waals surface area contributed by atoms with Crippen molar-refractivity contribution in [1.82, 2.24) is 4.90 Å². The van der Waals surface area contributed by atoms with Crippen LogP contribution < -0.4 is 5.32 Å². The van der Waals surface area contributed by atoms with E-state index < -0.39 is 0 Å². The van der Waals surface area contributed by atoms with Crippen LogP contribution in [0.4, 0.5) is 5.69 Å². The molecule has 0 fully saturated rings. The van der Waals surface area contributed by atoms with Crippen LogP contribution in [0.3, 0.4) is 0 Å². The molecule has 1 amide bonds. The van der Waals surface area contributed by atoms with Gasteiger partial charge in [-0.2, -0.15) is 0 Å². The zero-order valence-corrected chi connectivity index (χ0v) is 13.2. The molecule has 5 heteroatoms. The third kappa shape index (κ3) is 5.30. The van der Waals surface area contributed by atoms with Crippen molar-refractivity contribution in [3.05, 3.63) is 28.2 Å². The fourth-order valence-electron chi connectivity index (χ4n) is 1.74. The van der Waals surface area contributed by atoms with E-state index in [1.807, 2.05) is 43.9 Å². The van der Waals surface area contributed by atoms with Gasteiger partial charge in [-0.1, -0.05) is 6.07 Å². The van der Waals surface area contributed by atoms with E-state index >= 15 is 0 Å². The lowest BCUT2D eigenvalue weighted by Gasteiger charge is -2.24. The summed E-state index contributed by atoms with van der Waals surface area (Å²) in [5, 5.41) is 11.9. The molecule has 1 rings (SSSR count). The lowest BCUT2D eigenvalue weighted by atomic mass is 10.2. The lowest BCUT2D eigenvalue weighted by molar-refractivity contribution is -0.117. The van der Waals surface area contributed by atoms with Gasteiger partial charge in [-0.15, -0.1) is 0 Å². The predicted molar refractivity (Wildman–Crippen MR) is 81.3 cm³/mol. The maximum absolute atomic E-state index is 12.0. The first-order chi connectivity index (χ1) is 8.93. The molecule has 0 radical (unpaired) electrons. The lowest BCUT2D eigenvalue weighted by Crippen LogP contribution is -2.39. The topological polar surface area (TPSA) is 52.6 Å². The largest absolute Gasteiger partial charge is 0.395 e. The summed E-state index contributed by atoms with van der Waals surface area (Å²) < 4.78 is 0.874. The van der Waals surface area contributed by atoms with E-state index in [9.17, 15) is 4.79 Å². The summed E-state index contributed by atoms with van der Waals surface area (Å²) in [6.07, 6.45) is 0. The molecule has 0 spiro atoms. The van der Waals surface area contributed by atoms with Crippen molar-refractivity contribution in [3.63, 3.8) is 0 Å². The SMILES string of the molecule is Cc1ccc(NC(=O)CN(CCO)C(C)C)c(Br)c1. The summed E-state index contributed by atoms with van der Waals surface area (Å²) in [6, 6.07) is 6.01. The van der Waals surface area contributed by atoms with Crippen molar-refractivity contribution in [2.24, 2.45) is 0 Å². The first kappa shape index (κ1) is 16.1. The molecule has 106 valence electrons. The Kier molecular flexibility index (Phi) is 6.48. The number of carbonyl (C=O) groups is 1. The standard InChI is InChI=1S/C14H21BrN2O2/c1-10(2)17(6-7-18)9-14(19)16-13-5-4-11(3)8-12(13)15/h4-5,8,10,18H,6-7,9H2,1-3H3,(H,16,19). The molecule has 4 nitrogen and oxygen atoms in total. The van der Waals surface area contributed by atoms with Gasteiger partial charge < -0.3 is 10.4 Å². The van der Waals surface area contributed by atoms with Crippen LogP contribution in [-0.4, -0.2) is 41.7 Å². The van der Waals surface area contributed by atoms with Gasteiger partial charge >= 0.3 is 0 Å². The summed E-state index contributed by atoms with van der Waals surface area (Å²) >= 11 is 3.43. The predicted octanol–water partition coefficient (Wildman–Crippen LogP) is 2.40. The van der Waals surface area contributed by atoms with E-state index in [1.165, 1.54) is 0 Å². The molecule has 1 aromatic carbocycles. The van der Waals surface area contributed by atoms with Gasteiger partial charge in [0.1, 0.15) is 0 Å². The Morgan fingerprint density at radius 1 is 1.47 bits per heavy atom. The second-order valence-electron chi connectivity index (χ2n) is 4.82. The highest BCUT2D eigenvalue weighted by Gasteiger charge is 2.14. The van der Waals surface area contributed by atoms with Gasteiger partial charge in [0.05, 0.1) is 18.8 Å². The number of benzene rings is 1. The number of rotatable bonds is 6. The van der Waals surface area contributed by atoms with Gasteiger partial charge in [0.15, 0.2) is 0 Å². The molecule has 0 saturated heterocycles. The number of aryl methyl sites for hydroxylation is 1. The van der Waals surface area contributed by atoms with Gasteiger partial charge in [0, 0.05) is 17.1 Å². The van der Waals surface area contributed by atoms with Crippen molar-refractivity contribution >= 4 is 27.5 Å². The molecule has 0 aromatic heterocycles. The normalized spacial score (nSPS) is 11.1. The number of nitrogens with one attached hydrogen (secondary N) is 1. The van der Waals surface area contributed by atoms with E-state index in [1.54, 1.807) is 0 Å². The average Bonchev–Trinajstić information content (AvgIpc) is 2.32. The summed E-state index contributed by atoms with van der Waals surface area (Å²) in [7, 11) is 0. The number of halogens is 1. The van der Waals surface area contributed by atoms with Crippen molar-refractivity contribution < 1.29 is 9.90 Å². The van der Waals surface area contributed by atoms with Crippen molar-refractivity contribution in [2.75, 3.05) is 25.0 Å². The number of amides is 1. The highest BCUT2D eigenvalue weighted by atomic mass is 79.9. The monoisotopic (exact) mass is 328 g/mol. The Balaban J connectivity index is 2.63. The van der Waals surface area contributed by atoms with E-state index in [-0.39, 0.29) is 25.1 Å². The number of carbonyl (C=O) groups excluding carboxylic acids is 1. The Bertz CT molecular complexity index is 435. The molecule has 0 aliphatic heterocycles. The third-order valence-electron chi connectivity index (χ3n) is 2.86. The maximum atomic E-state index is 12.0. The third-order valence-corrected chi connectivity index (χ3v) is 3.52. The molecule has 0 saturated carbocycles. The maximum Gasteiger partial charge on any atom is 0.238 e. The van der Waals surface area contributed by atoms with Crippen molar-refractivity contribution in [2.45, 2.75) is 26.8 Å². The second kappa shape index (κ2) is 7.62. The number of aliphatic hydroxyl groups excluding tert-OH is 1. The van der Waals surface area contributed by atoms with Crippen LogP contribution in [0, 0.1) is 6.92 Å². The summed E-state index contributed by atoms with van der Waals surface area (Å²) in [5.74, 6) is -0.0771. The zero-order valence-electron chi connectivity index (χ0n) is 11.6. The Labute approximate surface area is 122 Å². The van der Waals surface area contributed by atoms with Gasteiger partial charge in [0.25, 0.3) is 0 Å². The Morgan fingerprint density at radius 3 is 2.68 bits per heavy atom. The molecular weight excluding hydrogens is 308 g/mol. The molecular formula is C14H21BrN2O2. The second-order valence-corrected chi connectivity index (χ2v) is 5.67. The first-order valence-corrected chi connectivity index (χ1v) is 7.14. The van der Waals surface area contributed by atoms with E-state index in [0.29, 0.717) is 6.54 Å². The van der Waals surface area contributed by atoms with Crippen LogP contribution in [0.2, 0.25) is 0 Å². The van der Waals surface area contributed by atoms with Gasteiger partial charge in [-0.05, 0) is 54.4 Å². The van der Waals surface area contributed by atoms with Gasteiger partial charge in [-0.25, -0.2) is 0 Å².